The second kappa shape index (κ2) is 5.54. The van der Waals surface area contributed by atoms with Crippen molar-refractivity contribution in [2.45, 2.75) is 45.7 Å². The average Bonchev–Trinajstić information content (AvgIpc) is 3.06. The van der Waals surface area contributed by atoms with E-state index in [0.717, 1.165) is 24.3 Å². The van der Waals surface area contributed by atoms with Crippen LogP contribution in [0.25, 0.3) is 0 Å². The van der Waals surface area contributed by atoms with E-state index >= 15 is 0 Å². The molecular formula is C15H23NO. The van der Waals surface area contributed by atoms with Crippen LogP contribution < -0.4 is 10.1 Å². The molecule has 2 heteroatoms. The topological polar surface area (TPSA) is 21.3 Å². The van der Waals surface area contributed by atoms with Crippen LogP contribution in [0.3, 0.4) is 0 Å². The molecule has 1 aromatic carbocycles. The molecule has 1 fully saturated rings. The Kier molecular flexibility index (Phi) is 4.06. The Balaban J connectivity index is 1.88. The highest BCUT2D eigenvalue weighted by Gasteiger charge is 2.35. The molecule has 1 aromatic rings. The molecule has 0 spiro atoms. The normalized spacial score (nSPS) is 22.5. The first-order valence-corrected chi connectivity index (χ1v) is 6.61. The summed E-state index contributed by atoms with van der Waals surface area (Å²) < 4.78 is 5.39. The van der Waals surface area contributed by atoms with Crippen molar-refractivity contribution in [3.8, 4) is 5.75 Å². The van der Waals surface area contributed by atoms with Gasteiger partial charge in [-0.2, -0.15) is 0 Å². The smallest absolute Gasteiger partial charge is 0.123 e. The Hall–Kier alpha value is -1.02. The van der Waals surface area contributed by atoms with Gasteiger partial charge in [-0.05, 0) is 31.7 Å². The van der Waals surface area contributed by atoms with E-state index < -0.39 is 0 Å². The minimum Gasteiger partial charge on any atom is -0.496 e. The lowest BCUT2D eigenvalue weighted by Gasteiger charge is -2.10. The van der Waals surface area contributed by atoms with Gasteiger partial charge in [0.2, 0.25) is 0 Å². The van der Waals surface area contributed by atoms with Gasteiger partial charge in [-0.25, -0.2) is 0 Å². The summed E-state index contributed by atoms with van der Waals surface area (Å²) in [7, 11) is 1.74. The van der Waals surface area contributed by atoms with Crippen LogP contribution in [0.1, 0.15) is 37.3 Å². The van der Waals surface area contributed by atoms with Crippen molar-refractivity contribution in [2.75, 3.05) is 7.11 Å². The number of hydrogen-bond donors (Lipinski definition) is 1. The van der Waals surface area contributed by atoms with Gasteiger partial charge in [0.25, 0.3) is 0 Å². The number of aryl methyl sites for hydroxylation is 1. The monoisotopic (exact) mass is 233 g/mol. The van der Waals surface area contributed by atoms with E-state index in [1.807, 2.05) is 0 Å². The molecule has 0 radical (unpaired) electrons. The summed E-state index contributed by atoms with van der Waals surface area (Å²) in [5.74, 6) is 1.91. The fraction of sp³-hybridized carbons (Fsp3) is 0.600. The molecule has 2 rings (SSSR count). The Bertz CT molecular complexity index is 375. The van der Waals surface area contributed by atoms with Crippen LogP contribution in [0, 0.1) is 12.8 Å². The largest absolute Gasteiger partial charge is 0.496 e. The van der Waals surface area contributed by atoms with Crippen LogP contribution in [-0.4, -0.2) is 13.2 Å². The fourth-order valence-corrected chi connectivity index (χ4v) is 2.47. The summed E-state index contributed by atoms with van der Waals surface area (Å²) in [4.78, 5) is 0. The Morgan fingerprint density at radius 3 is 2.94 bits per heavy atom. The lowest BCUT2D eigenvalue weighted by Crippen LogP contribution is -2.18. The maximum Gasteiger partial charge on any atom is 0.123 e. The second-order valence-corrected chi connectivity index (χ2v) is 5.09. The van der Waals surface area contributed by atoms with Gasteiger partial charge in [-0.15, -0.1) is 0 Å². The van der Waals surface area contributed by atoms with Crippen LogP contribution in [0.15, 0.2) is 18.2 Å². The average molecular weight is 233 g/mol. The highest BCUT2D eigenvalue weighted by Crippen LogP contribution is 2.35. The van der Waals surface area contributed by atoms with Gasteiger partial charge in [0.1, 0.15) is 5.75 Å². The summed E-state index contributed by atoms with van der Waals surface area (Å²) in [6.07, 6.45) is 4.02. The molecule has 2 unspecified atom stereocenters. The zero-order chi connectivity index (χ0) is 12.3. The molecule has 94 valence electrons. The molecule has 1 aliphatic carbocycles. The van der Waals surface area contributed by atoms with Gasteiger partial charge < -0.3 is 10.1 Å². The molecule has 0 amide bonds. The van der Waals surface area contributed by atoms with Gasteiger partial charge in [0.15, 0.2) is 0 Å². The number of hydrogen-bond acceptors (Lipinski definition) is 2. The molecular weight excluding hydrogens is 210 g/mol. The van der Waals surface area contributed by atoms with Crippen LogP contribution in [-0.2, 0) is 6.54 Å². The SMILES string of the molecule is CCCC1CC1NCc1cc(C)ccc1OC. The Morgan fingerprint density at radius 2 is 2.24 bits per heavy atom. The van der Waals surface area contributed by atoms with Crippen LogP contribution in [0.4, 0.5) is 0 Å². The summed E-state index contributed by atoms with van der Waals surface area (Å²) >= 11 is 0. The second-order valence-electron chi connectivity index (χ2n) is 5.09. The zero-order valence-corrected chi connectivity index (χ0v) is 11.1. The highest BCUT2D eigenvalue weighted by molar-refractivity contribution is 5.36. The summed E-state index contributed by atoms with van der Waals surface area (Å²) in [6, 6.07) is 7.10. The molecule has 2 nitrogen and oxygen atoms in total. The molecule has 0 heterocycles. The maximum atomic E-state index is 5.39. The minimum atomic E-state index is 0.736. The number of rotatable bonds is 6. The quantitative estimate of drug-likeness (QED) is 0.814. The van der Waals surface area contributed by atoms with Crippen molar-refractivity contribution in [1.29, 1.82) is 0 Å². The predicted molar refractivity (Wildman–Crippen MR) is 71.4 cm³/mol. The van der Waals surface area contributed by atoms with Crippen molar-refractivity contribution < 1.29 is 4.74 Å². The number of nitrogens with one attached hydrogen (secondary N) is 1. The molecule has 17 heavy (non-hydrogen) atoms. The summed E-state index contributed by atoms with van der Waals surface area (Å²) in [5.41, 5.74) is 2.57. The molecule has 1 saturated carbocycles. The predicted octanol–water partition coefficient (Wildman–Crippen LogP) is 3.28. The lowest BCUT2D eigenvalue weighted by molar-refractivity contribution is 0.407. The van der Waals surface area contributed by atoms with Gasteiger partial charge in [0.05, 0.1) is 7.11 Å². The van der Waals surface area contributed by atoms with Crippen molar-refractivity contribution in [3.63, 3.8) is 0 Å². The standard InChI is InChI=1S/C15H23NO/c1-4-5-12-9-14(12)16-10-13-8-11(2)6-7-15(13)17-3/h6-8,12,14,16H,4-5,9-10H2,1-3H3. The van der Waals surface area contributed by atoms with Crippen molar-refractivity contribution in [2.24, 2.45) is 5.92 Å². The van der Waals surface area contributed by atoms with E-state index in [2.05, 4.69) is 37.4 Å². The van der Waals surface area contributed by atoms with Crippen molar-refractivity contribution in [3.05, 3.63) is 29.3 Å². The molecule has 0 aliphatic heterocycles. The number of benzene rings is 1. The molecule has 1 aliphatic rings. The molecule has 2 atom stereocenters. The van der Waals surface area contributed by atoms with E-state index in [1.165, 1.54) is 30.4 Å². The van der Waals surface area contributed by atoms with Crippen molar-refractivity contribution >= 4 is 0 Å². The first-order valence-electron chi connectivity index (χ1n) is 6.61. The summed E-state index contributed by atoms with van der Waals surface area (Å²) in [6.45, 7) is 5.31. The molecule has 0 saturated heterocycles. The first kappa shape index (κ1) is 12.4. The Labute approximate surface area is 104 Å². The molecule has 1 N–H and O–H groups in total. The summed E-state index contributed by atoms with van der Waals surface area (Å²) in [5, 5.41) is 3.63. The van der Waals surface area contributed by atoms with E-state index in [-0.39, 0.29) is 0 Å². The van der Waals surface area contributed by atoms with Gasteiger partial charge in [0, 0.05) is 18.2 Å². The lowest BCUT2D eigenvalue weighted by atomic mass is 10.1. The third-order valence-electron chi connectivity index (χ3n) is 3.57. The third-order valence-corrected chi connectivity index (χ3v) is 3.57. The zero-order valence-electron chi connectivity index (χ0n) is 11.1. The van der Waals surface area contributed by atoms with E-state index in [9.17, 15) is 0 Å². The fourth-order valence-electron chi connectivity index (χ4n) is 2.47. The van der Waals surface area contributed by atoms with Crippen LogP contribution in [0.5, 0.6) is 5.75 Å². The van der Waals surface area contributed by atoms with Crippen LogP contribution >= 0.6 is 0 Å². The van der Waals surface area contributed by atoms with Gasteiger partial charge >= 0.3 is 0 Å². The van der Waals surface area contributed by atoms with Gasteiger partial charge in [-0.3, -0.25) is 0 Å². The van der Waals surface area contributed by atoms with E-state index in [1.54, 1.807) is 7.11 Å². The van der Waals surface area contributed by atoms with E-state index in [4.69, 9.17) is 4.74 Å². The Morgan fingerprint density at radius 1 is 1.41 bits per heavy atom. The van der Waals surface area contributed by atoms with Crippen molar-refractivity contribution in [1.82, 2.24) is 5.32 Å². The third kappa shape index (κ3) is 3.22. The molecule has 0 aromatic heterocycles. The maximum absolute atomic E-state index is 5.39. The minimum absolute atomic E-state index is 0.736. The number of methoxy groups -OCH3 is 1. The number of ether oxygens (including phenoxy) is 1. The highest BCUT2D eigenvalue weighted by atomic mass is 16.5. The molecule has 0 bridgehead atoms. The van der Waals surface area contributed by atoms with E-state index in [0.29, 0.717) is 0 Å². The van der Waals surface area contributed by atoms with Crippen LogP contribution in [0.2, 0.25) is 0 Å². The van der Waals surface area contributed by atoms with Gasteiger partial charge in [-0.1, -0.05) is 31.0 Å². The first-order chi connectivity index (χ1) is 8.24.